The highest BCUT2D eigenvalue weighted by atomic mass is 16.7. The molecule has 0 bridgehead atoms. The van der Waals surface area contributed by atoms with Crippen molar-refractivity contribution in [3.63, 3.8) is 0 Å². The molecule has 10 nitrogen and oxygen atoms in total. The van der Waals surface area contributed by atoms with E-state index in [1.54, 1.807) is 13.0 Å². The number of hydrogen-bond acceptors (Lipinski definition) is 9. The summed E-state index contributed by atoms with van der Waals surface area (Å²) in [5.41, 5.74) is 6.54. The molecule has 0 aromatic heterocycles. The highest BCUT2D eigenvalue weighted by molar-refractivity contribution is 5.77. The summed E-state index contributed by atoms with van der Waals surface area (Å²) in [4.78, 5) is 49.5. The second-order valence-electron chi connectivity index (χ2n) is 11.4. The molecule has 230 valence electrons. The van der Waals surface area contributed by atoms with Gasteiger partial charge in [-0.25, -0.2) is 4.79 Å². The largest absolute Gasteiger partial charge is 0.508 e. The first-order chi connectivity index (χ1) is 19.4. The molecule has 1 aliphatic carbocycles. The van der Waals surface area contributed by atoms with E-state index in [-0.39, 0.29) is 48.9 Å². The Morgan fingerprint density at radius 3 is 2.00 bits per heavy atom. The van der Waals surface area contributed by atoms with Crippen LogP contribution in [0.25, 0.3) is 0 Å². The number of aliphatic carboxylic acids is 1. The lowest BCUT2D eigenvalue weighted by atomic mass is 9.82. The van der Waals surface area contributed by atoms with E-state index in [1.807, 2.05) is 27.7 Å². The van der Waals surface area contributed by atoms with Crippen LogP contribution in [-0.4, -0.2) is 47.9 Å². The zero-order valence-corrected chi connectivity index (χ0v) is 25.1. The van der Waals surface area contributed by atoms with Crippen molar-refractivity contribution in [2.24, 2.45) is 23.5 Å². The van der Waals surface area contributed by atoms with E-state index in [4.69, 9.17) is 24.7 Å². The van der Waals surface area contributed by atoms with Crippen molar-refractivity contribution in [1.29, 1.82) is 0 Å². The van der Waals surface area contributed by atoms with E-state index < -0.39 is 41.9 Å². The van der Waals surface area contributed by atoms with Crippen LogP contribution in [0.3, 0.4) is 0 Å². The van der Waals surface area contributed by atoms with Crippen LogP contribution in [0.15, 0.2) is 18.2 Å². The highest BCUT2D eigenvalue weighted by Crippen LogP contribution is 2.36. The number of ether oxygens (including phenoxy) is 4. The van der Waals surface area contributed by atoms with Gasteiger partial charge in [0.1, 0.15) is 12.1 Å². The first-order valence-electron chi connectivity index (χ1n) is 14.8. The van der Waals surface area contributed by atoms with Crippen LogP contribution in [-0.2, 0) is 23.9 Å². The molecule has 0 saturated heterocycles. The second-order valence-corrected chi connectivity index (χ2v) is 11.4. The van der Waals surface area contributed by atoms with Gasteiger partial charge in [-0.15, -0.1) is 0 Å². The summed E-state index contributed by atoms with van der Waals surface area (Å²) in [5, 5.41) is 9.77. The monoisotopic (exact) mass is 577 g/mol. The molecule has 1 aliphatic rings. The van der Waals surface area contributed by atoms with Crippen LogP contribution in [0.1, 0.15) is 104 Å². The Morgan fingerprint density at radius 2 is 1.46 bits per heavy atom. The first-order valence-corrected chi connectivity index (χ1v) is 14.8. The number of carboxylic acids is 1. The molecule has 0 heterocycles. The van der Waals surface area contributed by atoms with Gasteiger partial charge >= 0.3 is 24.1 Å². The number of carbonyl (C=O) groups excluding carboxylic acids is 3. The van der Waals surface area contributed by atoms with E-state index >= 15 is 0 Å². The Labute approximate surface area is 243 Å². The maximum absolute atomic E-state index is 12.7. The van der Waals surface area contributed by atoms with E-state index in [0.717, 1.165) is 44.9 Å². The molecular formula is C31H47NO9. The molecule has 1 saturated carbocycles. The van der Waals surface area contributed by atoms with Gasteiger partial charge in [-0.2, -0.15) is 0 Å². The molecular weight excluding hydrogens is 530 g/mol. The van der Waals surface area contributed by atoms with Crippen LogP contribution < -0.4 is 15.2 Å². The topological polar surface area (TPSA) is 151 Å². The number of carbonyl (C=O) groups is 4. The smallest absolute Gasteiger partial charge is 0.480 e. The highest BCUT2D eigenvalue weighted by Gasteiger charge is 2.33. The van der Waals surface area contributed by atoms with E-state index in [9.17, 15) is 24.3 Å². The summed E-state index contributed by atoms with van der Waals surface area (Å²) in [6.07, 6.45) is 5.66. The fourth-order valence-corrected chi connectivity index (χ4v) is 4.78. The maximum atomic E-state index is 12.7. The Morgan fingerprint density at radius 1 is 0.902 bits per heavy atom. The lowest BCUT2D eigenvalue weighted by Gasteiger charge is -2.28. The van der Waals surface area contributed by atoms with E-state index in [2.05, 4.69) is 0 Å². The number of carboxylic acid groups (broad SMARTS) is 1. The minimum absolute atomic E-state index is 0.000667. The normalized spacial score (nSPS) is 17.4. The third-order valence-electron chi connectivity index (χ3n) is 7.79. The molecule has 0 radical (unpaired) electrons. The minimum atomic E-state index is -1.36. The summed E-state index contributed by atoms with van der Waals surface area (Å²) in [7, 11) is 0. The number of benzene rings is 1. The predicted molar refractivity (Wildman–Crippen MR) is 153 cm³/mol. The van der Waals surface area contributed by atoms with E-state index in [0.29, 0.717) is 5.56 Å². The van der Waals surface area contributed by atoms with Gasteiger partial charge in [0.2, 0.25) is 0 Å². The molecule has 0 amide bonds. The zero-order valence-electron chi connectivity index (χ0n) is 25.1. The average molecular weight is 578 g/mol. The third kappa shape index (κ3) is 11.3. The van der Waals surface area contributed by atoms with Crippen molar-refractivity contribution >= 4 is 24.1 Å². The number of nitrogens with two attached hydrogens (primary N) is 1. The molecule has 3 N–H and O–H groups in total. The van der Waals surface area contributed by atoms with Crippen LogP contribution in [0.5, 0.6) is 11.5 Å². The third-order valence-corrected chi connectivity index (χ3v) is 7.79. The summed E-state index contributed by atoms with van der Waals surface area (Å²) < 4.78 is 22.0. The van der Waals surface area contributed by atoms with Crippen LogP contribution >= 0.6 is 0 Å². The van der Waals surface area contributed by atoms with Gasteiger partial charge in [0.05, 0.1) is 6.61 Å². The molecule has 4 unspecified atom stereocenters. The van der Waals surface area contributed by atoms with Crippen LogP contribution in [0.4, 0.5) is 4.79 Å². The van der Waals surface area contributed by atoms with Crippen molar-refractivity contribution in [2.45, 2.75) is 110 Å². The zero-order chi connectivity index (χ0) is 30.5. The molecule has 5 atom stereocenters. The van der Waals surface area contributed by atoms with E-state index in [1.165, 1.54) is 12.1 Å². The molecule has 0 spiro atoms. The molecule has 10 heteroatoms. The quantitative estimate of drug-likeness (QED) is 0.188. The second kappa shape index (κ2) is 17.0. The van der Waals surface area contributed by atoms with Gasteiger partial charge in [0.25, 0.3) is 0 Å². The van der Waals surface area contributed by atoms with Crippen molar-refractivity contribution in [3.8, 4) is 11.5 Å². The van der Waals surface area contributed by atoms with Gasteiger partial charge in [-0.3, -0.25) is 14.4 Å². The molecule has 41 heavy (non-hydrogen) atoms. The van der Waals surface area contributed by atoms with Crippen molar-refractivity contribution in [2.75, 3.05) is 6.61 Å². The Kier molecular flexibility index (Phi) is 14.1. The Bertz CT molecular complexity index is 1020. The van der Waals surface area contributed by atoms with Crippen LogP contribution in [0.2, 0.25) is 0 Å². The van der Waals surface area contributed by atoms with Crippen molar-refractivity contribution in [1.82, 2.24) is 0 Å². The SMILES string of the molecule is CCC(C)CC(=O)Oc1ccc(C(C(C)COC(=O)OC2CCCCC2)[C@H](N)C(=O)O)cc1OC(=O)CC(C)CC. The molecule has 2 rings (SSSR count). The predicted octanol–water partition coefficient (Wildman–Crippen LogP) is 5.99. The summed E-state index contributed by atoms with van der Waals surface area (Å²) in [6, 6.07) is 3.18. The van der Waals surface area contributed by atoms with Gasteiger partial charge in [0, 0.05) is 18.8 Å². The minimum Gasteiger partial charge on any atom is -0.480 e. The lowest BCUT2D eigenvalue weighted by molar-refractivity contribution is -0.139. The molecule has 1 aromatic rings. The summed E-state index contributed by atoms with van der Waals surface area (Å²) >= 11 is 0. The standard InChI is InChI=1S/C31H47NO9/c1-6-19(3)15-26(33)40-24-14-13-22(17-25(24)41-27(34)16-20(4)7-2)28(29(32)30(35)36)21(5)18-38-31(37)39-23-11-9-8-10-12-23/h13-14,17,19-21,23,28-29H,6-12,15-16,18,32H2,1-5H3,(H,35,36)/t19?,20?,21?,28?,29-/m0/s1. The Balaban J connectivity index is 2.30. The molecule has 0 aliphatic heterocycles. The number of rotatable bonds is 15. The van der Waals surface area contributed by atoms with Crippen molar-refractivity contribution < 1.29 is 43.2 Å². The molecule has 1 fully saturated rings. The van der Waals surface area contributed by atoms with Gasteiger partial charge in [-0.1, -0.05) is 59.9 Å². The van der Waals surface area contributed by atoms with Crippen LogP contribution in [0, 0.1) is 17.8 Å². The number of esters is 2. The van der Waals surface area contributed by atoms with Gasteiger partial charge in [0.15, 0.2) is 11.5 Å². The van der Waals surface area contributed by atoms with Gasteiger partial charge in [-0.05, 0) is 61.1 Å². The van der Waals surface area contributed by atoms with Crippen molar-refractivity contribution in [3.05, 3.63) is 23.8 Å². The fraction of sp³-hybridized carbons (Fsp3) is 0.677. The lowest BCUT2D eigenvalue weighted by Crippen LogP contribution is -2.40. The summed E-state index contributed by atoms with van der Waals surface area (Å²) in [5.74, 6) is -3.33. The first kappa shape index (κ1) is 34.1. The summed E-state index contributed by atoms with van der Waals surface area (Å²) in [6.45, 7) is 9.38. The van der Waals surface area contributed by atoms with Gasteiger partial charge < -0.3 is 29.8 Å². The molecule has 1 aromatic carbocycles. The maximum Gasteiger partial charge on any atom is 0.508 e. The average Bonchev–Trinajstić information content (AvgIpc) is 2.93. The Hall–Kier alpha value is -3.14. The fourth-order valence-electron chi connectivity index (χ4n) is 4.78. The number of hydrogen-bond donors (Lipinski definition) is 2.